The van der Waals surface area contributed by atoms with Crippen LogP contribution in [-0.4, -0.2) is 39.9 Å². The van der Waals surface area contributed by atoms with Gasteiger partial charge in [0.15, 0.2) is 0 Å². The van der Waals surface area contributed by atoms with Crippen LogP contribution in [0.3, 0.4) is 0 Å². The van der Waals surface area contributed by atoms with E-state index in [4.69, 9.17) is 0 Å². The van der Waals surface area contributed by atoms with Crippen LogP contribution in [0.5, 0.6) is 0 Å². The molecule has 0 aliphatic heterocycles. The van der Waals surface area contributed by atoms with E-state index in [1.165, 1.54) is 12.1 Å². The van der Waals surface area contributed by atoms with Gasteiger partial charge in [0.2, 0.25) is 15.9 Å². The van der Waals surface area contributed by atoms with Gasteiger partial charge in [-0.25, -0.2) is 13.1 Å². The van der Waals surface area contributed by atoms with Gasteiger partial charge in [-0.2, -0.15) is 0 Å². The number of rotatable bonds is 9. The number of carbonyl (C=O) groups excluding carboxylic acids is 1. The lowest BCUT2D eigenvalue weighted by atomic mass is 10.1. The molecule has 2 aromatic rings. The minimum absolute atomic E-state index is 0.0417. The second-order valence-electron chi connectivity index (χ2n) is 6.39. The zero-order valence-corrected chi connectivity index (χ0v) is 17.8. The summed E-state index contributed by atoms with van der Waals surface area (Å²) in [6.07, 6.45) is 0.0725. The lowest BCUT2D eigenvalue weighted by Crippen LogP contribution is -2.30. The summed E-state index contributed by atoms with van der Waals surface area (Å²) in [5, 5.41) is 2.85. The fourth-order valence-electron chi connectivity index (χ4n) is 2.52. The van der Waals surface area contributed by atoms with Crippen LogP contribution in [0.4, 0.5) is 0 Å². The summed E-state index contributed by atoms with van der Waals surface area (Å²) < 4.78 is 27.6. The van der Waals surface area contributed by atoms with Gasteiger partial charge >= 0.3 is 0 Å². The average Bonchev–Trinajstić information content (AvgIpc) is 2.60. The van der Waals surface area contributed by atoms with Crippen LogP contribution >= 0.6 is 15.9 Å². The molecule has 146 valence electrons. The Kier molecular flexibility index (Phi) is 7.97. The normalized spacial score (nSPS) is 11.6. The van der Waals surface area contributed by atoms with Crippen LogP contribution in [-0.2, 0) is 27.9 Å². The number of carbonyl (C=O) groups is 1. The van der Waals surface area contributed by atoms with E-state index in [9.17, 15) is 13.2 Å². The molecular formula is C19H24BrN3O3S. The molecule has 0 bridgehead atoms. The summed E-state index contributed by atoms with van der Waals surface area (Å²) in [5.41, 5.74) is 2.20. The Hall–Kier alpha value is -1.74. The van der Waals surface area contributed by atoms with E-state index in [0.717, 1.165) is 17.7 Å². The molecule has 6 nitrogen and oxygen atoms in total. The molecule has 0 unspecified atom stereocenters. The minimum atomic E-state index is -3.63. The molecule has 0 fully saturated rings. The first kappa shape index (κ1) is 21.6. The van der Waals surface area contributed by atoms with Crippen LogP contribution in [0, 0.1) is 0 Å². The van der Waals surface area contributed by atoms with E-state index < -0.39 is 10.0 Å². The maximum atomic E-state index is 12.2. The number of hydrogen-bond donors (Lipinski definition) is 2. The molecule has 0 aliphatic rings. The van der Waals surface area contributed by atoms with Crippen molar-refractivity contribution in [1.29, 1.82) is 0 Å². The number of nitrogens with zero attached hydrogens (tertiary/aromatic N) is 1. The smallest absolute Gasteiger partial charge is 0.240 e. The molecule has 27 heavy (non-hydrogen) atoms. The number of halogens is 1. The van der Waals surface area contributed by atoms with E-state index in [2.05, 4.69) is 30.9 Å². The Morgan fingerprint density at radius 2 is 1.78 bits per heavy atom. The first-order valence-corrected chi connectivity index (χ1v) is 10.8. The highest BCUT2D eigenvalue weighted by Crippen LogP contribution is 2.15. The first-order chi connectivity index (χ1) is 12.8. The predicted molar refractivity (Wildman–Crippen MR) is 110 cm³/mol. The fourth-order valence-corrected chi connectivity index (χ4v) is 4.15. The van der Waals surface area contributed by atoms with E-state index in [1.54, 1.807) is 12.1 Å². The van der Waals surface area contributed by atoms with E-state index in [1.807, 2.05) is 38.4 Å². The zero-order valence-electron chi connectivity index (χ0n) is 15.4. The number of benzene rings is 2. The van der Waals surface area contributed by atoms with Gasteiger partial charge in [0.25, 0.3) is 0 Å². The van der Waals surface area contributed by atoms with Gasteiger partial charge in [0.05, 0.1) is 4.90 Å². The van der Waals surface area contributed by atoms with Gasteiger partial charge in [0, 0.05) is 30.5 Å². The van der Waals surface area contributed by atoms with Crippen LogP contribution in [0.15, 0.2) is 57.9 Å². The Balaban J connectivity index is 1.83. The van der Waals surface area contributed by atoms with Gasteiger partial charge in [-0.15, -0.1) is 0 Å². The molecule has 1 amide bonds. The largest absolute Gasteiger partial charge is 0.352 e. The van der Waals surface area contributed by atoms with Crippen molar-refractivity contribution in [1.82, 2.24) is 14.9 Å². The van der Waals surface area contributed by atoms with Crippen molar-refractivity contribution < 1.29 is 13.2 Å². The highest BCUT2D eigenvalue weighted by atomic mass is 79.9. The van der Waals surface area contributed by atoms with E-state index >= 15 is 0 Å². The SMILES string of the molecule is CN(C)Cc1ccccc1CNC(=O)CCNS(=O)(=O)c1cccc(Br)c1. The maximum absolute atomic E-state index is 12.2. The molecule has 0 heterocycles. The number of nitrogens with one attached hydrogen (secondary N) is 2. The Labute approximate surface area is 169 Å². The lowest BCUT2D eigenvalue weighted by Gasteiger charge is -2.14. The average molecular weight is 454 g/mol. The summed E-state index contributed by atoms with van der Waals surface area (Å²) >= 11 is 3.25. The van der Waals surface area contributed by atoms with Crippen molar-refractivity contribution in [2.75, 3.05) is 20.6 Å². The Morgan fingerprint density at radius 3 is 2.44 bits per heavy atom. The van der Waals surface area contributed by atoms with Gasteiger partial charge < -0.3 is 10.2 Å². The molecule has 0 aliphatic carbocycles. The van der Waals surface area contributed by atoms with Gasteiger partial charge in [-0.1, -0.05) is 46.3 Å². The van der Waals surface area contributed by atoms with Crippen molar-refractivity contribution in [2.45, 2.75) is 24.4 Å². The Bertz CT molecular complexity index is 885. The molecule has 0 radical (unpaired) electrons. The summed E-state index contributed by atoms with van der Waals surface area (Å²) in [6, 6.07) is 14.4. The highest BCUT2D eigenvalue weighted by molar-refractivity contribution is 9.10. The number of hydrogen-bond acceptors (Lipinski definition) is 4. The quantitative estimate of drug-likeness (QED) is 0.611. The topological polar surface area (TPSA) is 78.5 Å². The lowest BCUT2D eigenvalue weighted by molar-refractivity contribution is -0.121. The molecule has 8 heteroatoms. The third-order valence-electron chi connectivity index (χ3n) is 3.83. The molecule has 0 atom stereocenters. The summed E-state index contributed by atoms with van der Waals surface area (Å²) in [4.78, 5) is 14.3. The predicted octanol–water partition coefficient (Wildman–Crippen LogP) is 2.50. The molecule has 0 saturated heterocycles. The number of sulfonamides is 1. The van der Waals surface area contributed by atoms with Gasteiger partial charge in [-0.3, -0.25) is 4.79 Å². The maximum Gasteiger partial charge on any atom is 0.240 e. The molecule has 0 saturated carbocycles. The summed E-state index contributed by atoms with van der Waals surface area (Å²) in [5.74, 6) is -0.202. The molecule has 0 spiro atoms. The summed E-state index contributed by atoms with van der Waals surface area (Å²) in [6.45, 7) is 1.25. The fraction of sp³-hybridized carbons (Fsp3) is 0.316. The Morgan fingerprint density at radius 1 is 1.07 bits per heavy atom. The molecule has 2 rings (SSSR count). The van der Waals surface area contributed by atoms with Crippen molar-refractivity contribution in [3.63, 3.8) is 0 Å². The molecular weight excluding hydrogens is 430 g/mol. The van der Waals surface area contributed by atoms with Crippen molar-refractivity contribution in [2.24, 2.45) is 0 Å². The number of amides is 1. The standard InChI is InChI=1S/C19H24BrN3O3S/c1-23(2)14-16-7-4-3-6-15(16)13-21-19(24)10-11-22-27(25,26)18-9-5-8-17(20)12-18/h3-9,12,22H,10-11,13-14H2,1-2H3,(H,21,24). The van der Waals surface area contributed by atoms with Crippen molar-refractivity contribution >= 4 is 31.9 Å². The van der Waals surface area contributed by atoms with Crippen molar-refractivity contribution in [3.05, 3.63) is 64.1 Å². The van der Waals surface area contributed by atoms with Crippen molar-refractivity contribution in [3.8, 4) is 0 Å². The van der Waals surface area contributed by atoms with Crippen LogP contribution in [0.2, 0.25) is 0 Å². The third kappa shape index (κ3) is 7.06. The molecule has 2 N–H and O–H groups in total. The second kappa shape index (κ2) is 9.98. The van der Waals surface area contributed by atoms with Crippen LogP contribution in [0.25, 0.3) is 0 Å². The molecule has 0 aromatic heterocycles. The highest BCUT2D eigenvalue weighted by Gasteiger charge is 2.14. The minimum Gasteiger partial charge on any atom is -0.352 e. The summed E-state index contributed by atoms with van der Waals surface area (Å²) in [7, 11) is 0.354. The zero-order chi connectivity index (χ0) is 19.9. The van der Waals surface area contributed by atoms with E-state index in [-0.39, 0.29) is 23.8 Å². The van der Waals surface area contributed by atoms with E-state index in [0.29, 0.717) is 11.0 Å². The van der Waals surface area contributed by atoms with Crippen LogP contribution < -0.4 is 10.0 Å². The van der Waals surface area contributed by atoms with Crippen LogP contribution in [0.1, 0.15) is 17.5 Å². The third-order valence-corrected chi connectivity index (χ3v) is 5.78. The van der Waals surface area contributed by atoms with Gasteiger partial charge in [0.1, 0.15) is 0 Å². The molecule has 2 aromatic carbocycles. The first-order valence-electron chi connectivity index (χ1n) is 8.51. The second-order valence-corrected chi connectivity index (χ2v) is 9.07. The van der Waals surface area contributed by atoms with Gasteiger partial charge in [-0.05, 0) is 43.4 Å². The monoisotopic (exact) mass is 453 g/mol.